The maximum Gasteiger partial charge on any atom is 0.317 e. The third-order valence-electron chi connectivity index (χ3n) is 5.54. The summed E-state index contributed by atoms with van der Waals surface area (Å²) >= 11 is 0. The van der Waals surface area contributed by atoms with E-state index in [0.29, 0.717) is 12.1 Å². The Morgan fingerprint density at radius 2 is 2.15 bits per heavy atom. The zero-order valence-electron chi connectivity index (χ0n) is 15.5. The van der Waals surface area contributed by atoms with E-state index < -0.39 is 5.97 Å². The number of carbonyl (C=O) groups is 1. The fraction of sp³-hybridized carbons (Fsp3) is 0.450. The topological polar surface area (TPSA) is 81.6 Å². The summed E-state index contributed by atoms with van der Waals surface area (Å²) in [6, 6.07) is 11.1. The number of nitrogens with zero attached hydrogens (tertiary/aromatic N) is 4. The molecule has 1 saturated carbocycles. The monoisotopic (exact) mass is 367 g/mol. The minimum absolute atomic E-state index is 0.111. The number of hydrogen-bond acceptors (Lipinski definition) is 6. The molecule has 142 valence electrons. The Morgan fingerprint density at radius 3 is 2.93 bits per heavy atom. The van der Waals surface area contributed by atoms with Crippen LogP contribution in [0.2, 0.25) is 0 Å². The third kappa shape index (κ3) is 3.73. The fourth-order valence-corrected chi connectivity index (χ4v) is 4.04. The van der Waals surface area contributed by atoms with Crippen LogP contribution in [0.3, 0.4) is 0 Å². The Labute approximate surface area is 159 Å². The van der Waals surface area contributed by atoms with Crippen molar-refractivity contribution in [2.24, 2.45) is 0 Å². The highest BCUT2D eigenvalue weighted by Gasteiger charge is 2.34. The molecule has 0 unspecified atom stereocenters. The van der Waals surface area contributed by atoms with Gasteiger partial charge in [0.25, 0.3) is 0 Å². The van der Waals surface area contributed by atoms with Crippen LogP contribution >= 0.6 is 0 Å². The van der Waals surface area contributed by atoms with Crippen molar-refractivity contribution < 1.29 is 9.90 Å². The molecule has 0 spiro atoms. The number of carboxylic acid groups (broad SMARTS) is 1. The number of fused-ring (bicyclic) bond motifs is 1. The number of para-hydroxylation sites is 1. The number of aliphatic carboxylic acids is 1. The lowest BCUT2D eigenvalue weighted by atomic mass is 9.85. The van der Waals surface area contributed by atoms with Gasteiger partial charge in [0.15, 0.2) is 0 Å². The van der Waals surface area contributed by atoms with Crippen molar-refractivity contribution in [3.8, 4) is 0 Å². The summed E-state index contributed by atoms with van der Waals surface area (Å²) in [5.41, 5.74) is 2.57. The lowest BCUT2D eigenvalue weighted by Crippen LogP contribution is -2.51. The Balaban J connectivity index is 1.38. The molecule has 2 aromatic rings. The molecule has 2 heterocycles. The van der Waals surface area contributed by atoms with E-state index in [9.17, 15) is 4.79 Å². The van der Waals surface area contributed by atoms with Crippen LogP contribution in [-0.4, -0.2) is 57.7 Å². The standard InChI is InChI=1S/C20H25N5O2/c1-2-24(12-20(26)27)16-9-15(10-16)23-18-11-19(22-13-21-18)25-8-7-14-5-3-4-6-17(14)25/h3-6,11,13,15-16H,2,7-10,12H2,1H3,(H,26,27)(H,21,22,23). The van der Waals surface area contributed by atoms with Crippen LogP contribution in [0.5, 0.6) is 0 Å². The molecule has 4 rings (SSSR count). The predicted octanol–water partition coefficient (Wildman–Crippen LogP) is 2.52. The van der Waals surface area contributed by atoms with Crippen LogP contribution in [0.15, 0.2) is 36.7 Å². The minimum atomic E-state index is -0.764. The van der Waals surface area contributed by atoms with Crippen LogP contribution in [0.1, 0.15) is 25.3 Å². The zero-order valence-corrected chi connectivity index (χ0v) is 15.5. The number of hydrogen-bond donors (Lipinski definition) is 2. The molecule has 1 aromatic heterocycles. The Morgan fingerprint density at radius 1 is 1.33 bits per heavy atom. The molecule has 0 amide bonds. The van der Waals surface area contributed by atoms with Crippen LogP contribution in [0, 0.1) is 0 Å². The molecule has 1 aliphatic carbocycles. The van der Waals surface area contributed by atoms with Crippen molar-refractivity contribution in [2.45, 2.75) is 38.3 Å². The number of benzene rings is 1. The number of rotatable bonds is 7. The molecule has 1 aliphatic heterocycles. The predicted molar refractivity (Wildman–Crippen MR) is 104 cm³/mol. The second kappa shape index (κ2) is 7.52. The summed E-state index contributed by atoms with van der Waals surface area (Å²) in [6.07, 6.45) is 4.52. The molecule has 0 bridgehead atoms. The number of carboxylic acids is 1. The van der Waals surface area contributed by atoms with E-state index in [2.05, 4.69) is 44.5 Å². The first-order valence-electron chi connectivity index (χ1n) is 9.54. The average molecular weight is 367 g/mol. The smallest absolute Gasteiger partial charge is 0.317 e. The first kappa shape index (κ1) is 17.7. The van der Waals surface area contributed by atoms with Crippen LogP contribution in [-0.2, 0) is 11.2 Å². The normalized spacial score (nSPS) is 21.0. The van der Waals surface area contributed by atoms with Crippen molar-refractivity contribution in [3.63, 3.8) is 0 Å². The largest absolute Gasteiger partial charge is 0.480 e. The van der Waals surface area contributed by atoms with Gasteiger partial charge >= 0.3 is 5.97 Å². The van der Waals surface area contributed by atoms with Gasteiger partial charge < -0.3 is 15.3 Å². The highest BCUT2D eigenvalue weighted by molar-refractivity contribution is 5.69. The van der Waals surface area contributed by atoms with Crippen molar-refractivity contribution >= 4 is 23.3 Å². The van der Waals surface area contributed by atoms with Gasteiger partial charge in [0.1, 0.15) is 18.0 Å². The second-order valence-corrected chi connectivity index (χ2v) is 7.22. The third-order valence-corrected chi connectivity index (χ3v) is 5.54. The number of aromatic nitrogens is 2. The second-order valence-electron chi connectivity index (χ2n) is 7.22. The van der Waals surface area contributed by atoms with E-state index in [1.54, 1.807) is 6.33 Å². The van der Waals surface area contributed by atoms with Gasteiger partial charge in [-0.2, -0.15) is 0 Å². The van der Waals surface area contributed by atoms with Gasteiger partial charge in [-0.25, -0.2) is 9.97 Å². The maximum absolute atomic E-state index is 11.0. The van der Waals surface area contributed by atoms with Gasteiger partial charge in [-0.3, -0.25) is 9.69 Å². The molecule has 2 N–H and O–H groups in total. The molecule has 7 heteroatoms. The van der Waals surface area contributed by atoms with Gasteiger partial charge in [0.2, 0.25) is 0 Å². The first-order valence-corrected chi connectivity index (χ1v) is 9.54. The summed E-state index contributed by atoms with van der Waals surface area (Å²) in [4.78, 5) is 24.0. The fourth-order valence-electron chi connectivity index (χ4n) is 4.04. The lowest BCUT2D eigenvalue weighted by Gasteiger charge is -2.42. The van der Waals surface area contributed by atoms with Crippen molar-refractivity contribution in [2.75, 3.05) is 29.9 Å². The van der Waals surface area contributed by atoms with E-state index in [0.717, 1.165) is 44.0 Å². The number of likely N-dealkylation sites (N-methyl/N-ethyl adjacent to an activating group) is 1. The maximum atomic E-state index is 11.0. The molecule has 27 heavy (non-hydrogen) atoms. The van der Waals surface area contributed by atoms with E-state index >= 15 is 0 Å². The average Bonchev–Trinajstić information content (AvgIpc) is 3.07. The summed E-state index contributed by atoms with van der Waals surface area (Å²) in [5, 5.41) is 12.5. The Hall–Kier alpha value is -2.67. The van der Waals surface area contributed by atoms with Gasteiger partial charge in [-0.1, -0.05) is 25.1 Å². The number of nitrogens with one attached hydrogen (secondary N) is 1. The van der Waals surface area contributed by atoms with Gasteiger partial charge in [-0.15, -0.1) is 0 Å². The summed E-state index contributed by atoms with van der Waals surface area (Å²) < 4.78 is 0. The van der Waals surface area contributed by atoms with Crippen molar-refractivity contribution in [1.29, 1.82) is 0 Å². The Kier molecular flexibility index (Phi) is 4.94. The lowest BCUT2D eigenvalue weighted by molar-refractivity contribution is -0.139. The van der Waals surface area contributed by atoms with Crippen LogP contribution in [0.25, 0.3) is 0 Å². The van der Waals surface area contributed by atoms with E-state index in [-0.39, 0.29) is 6.54 Å². The van der Waals surface area contributed by atoms with Gasteiger partial charge in [0, 0.05) is 30.4 Å². The summed E-state index contributed by atoms with van der Waals surface area (Å²) in [7, 11) is 0. The molecular formula is C20H25N5O2. The SMILES string of the molecule is CCN(CC(=O)O)C1CC(Nc2cc(N3CCc4ccccc43)ncn2)C1. The van der Waals surface area contributed by atoms with E-state index in [1.807, 2.05) is 17.9 Å². The number of anilines is 3. The molecule has 1 aromatic carbocycles. The molecule has 0 radical (unpaired) electrons. The summed E-state index contributed by atoms with van der Waals surface area (Å²) in [6.45, 7) is 3.81. The molecule has 0 atom stereocenters. The Bertz CT molecular complexity index is 822. The highest BCUT2D eigenvalue weighted by atomic mass is 16.4. The molecule has 7 nitrogen and oxygen atoms in total. The first-order chi connectivity index (χ1) is 13.1. The highest BCUT2D eigenvalue weighted by Crippen LogP contribution is 2.34. The van der Waals surface area contributed by atoms with Gasteiger partial charge in [0.05, 0.1) is 6.54 Å². The minimum Gasteiger partial charge on any atom is -0.480 e. The van der Waals surface area contributed by atoms with Crippen molar-refractivity contribution in [3.05, 3.63) is 42.2 Å². The van der Waals surface area contributed by atoms with Crippen molar-refractivity contribution in [1.82, 2.24) is 14.9 Å². The van der Waals surface area contributed by atoms with E-state index in [4.69, 9.17) is 5.11 Å². The molecule has 1 fully saturated rings. The van der Waals surface area contributed by atoms with E-state index in [1.165, 1.54) is 11.3 Å². The molecule has 0 saturated heterocycles. The quantitative estimate of drug-likeness (QED) is 0.778. The van der Waals surface area contributed by atoms with Crippen LogP contribution in [0.4, 0.5) is 17.3 Å². The summed E-state index contributed by atoms with van der Waals surface area (Å²) in [5.74, 6) is 0.975. The van der Waals surface area contributed by atoms with Gasteiger partial charge in [-0.05, 0) is 37.4 Å². The molecule has 2 aliphatic rings. The van der Waals surface area contributed by atoms with Crippen LogP contribution < -0.4 is 10.2 Å². The zero-order chi connectivity index (χ0) is 18.8. The molecular weight excluding hydrogens is 342 g/mol.